The van der Waals surface area contributed by atoms with Gasteiger partial charge in [-0.3, -0.25) is 37.3 Å². The standard InChI is InChI=1S/C75H140O17P2/c1-5-9-13-17-21-25-29-33-34-38-40-44-48-52-56-60-73(78)86-66-71(92-75(80)62-58-54-50-46-42-37-32-28-24-20-16-12-8-4)68-90-94(83,84)88-64-69(76)63-87-93(81,82)89-67-70(91-74(79)61-57-53-49-45-41-36-31-27-23-19-15-11-7-3)65-85-72(77)59-55-51-47-43-39-35-30-26-22-18-14-10-6-2/h14,18,26-27,30-31,69-71,76H,5-13,15-17,19-25,28-29,32-68H2,1-4H3,(H,81,82)(H,83,84)/b18-14-,30-26-,31-27-. The van der Waals surface area contributed by atoms with Gasteiger partial charge < -0.3 is 33.8 Å². The number of allylic oxidation sites excluding steroid dienone is 6. The van der Waals surface area contributed by atoms with Gasteiger partial charge in [-0.2, -0.15) is 0 Å². The largest absolute Gasteiger partial charge is 0.472 e. The summed E-state index contributed by atoms with van der Waals surface area (Å²) in [5, 5.41) is 10.6. The van der Waals surface area contributed by atoms with E-state index in [1.807, 2.05) is 0 Å². The first-order valence-electron chi connectivity index (χ1n) is 38.2. The summed E-state index contributed by atoms with van der Waals surface area (Å²) in [6, 6.07) is 0. The van der Waals surface area contributed by atoms with E-state index in [0.29, 0.717) is 25.7 Å². The lowest BCUT2D eigenvalue weighted by Gasteiger charge is -2.21. The molecule has 0 spiro atoms. The number of phosphoric acid groups is 2. The minimum atomic E-state index is -4.96. The van der Waals surface area contributed by atoms with Crippen LogP contribution in [0.5, 0.6) is 0 Å². The summed E-state index contributed by atoms with van der Waals surface area (Å²) >= 11 is 0. The first kappa shape index (κ1) is 91.3. The zero-order chi connectivity index (χ0) is 69.0. The van der Waals surface area contributed by atoms with Gasteiger partial charge in [0.05, 0.1) is 26.4 Å². The minimum Gasteiger partial charge on any atom is -0.462 e. The highest BCUT2D eigenvalue weighted by molar-refractivity contribution is 7.47. The number of carbonyl (C=O) groups excluding carboxylic acids is 4. The van der Waals surface area contributed by atoms with Crippen LogP contribution < -0.4 is 0 Å². The van der Waals surface area contributed by atoms with E-state index in [1.54, 1.807) is 0 Å². The van der Waals surface area contributed by atoms with Crippen molar-refractivity contribution in [3.63, 3.8) is 0 Å². The van der Waals surface area contributed by atoms with Crippen molar-refractivity contribution >= 4 is 39.5 Å². The predicted octanol–water partition coefficient (Wildman–Crippen LogP) is 21.6. The molecule has 0 saturated carbocycles. The number of rotatable bonds is 73. The molecule has 0 aromatic heterocycles. The van der Waals surface area contributed by atoms with Crippen LogP contribution in [0.4, 0.5) is 0 Å². The third-order valence-corrected chi connectivity index (χ3v) is 18.5. The third-order valence-electron chi connectivity index (χ3n) is 16.6. The van der Waals surface area contributed by atoms with Gasteiger partial charge in [0, 0.05) is 25.7 Å². The maximum absolute atomic E-state index is 13.1. The van der Waals surface area contributed by atoms with E-state index in [4.69, 9.17) is 37.0 Å². The Bertz CT molecular complexity index is 1930. The highest BCUT2D eigenvalue weighted by Gasteiger charge is 2.30. The highest BCUT2D eigenvalue weighted by atomic mass is 31.2. The Balaban J connectivity index is 5.29. The molecule has 0 aromatic rings. The fraction of sp³-hybridized carbons (Fsp3) is 0.867. The number of unbranched alkanes of at least 4 members (excludes halogenated alkanes) is 41. The van der Waals surface area contributed by atoms with Gasteiger partial charge >= 0.3 is 39.5 Å². The van der Waals surface area contributed by atoms with Crippen molar-refractivity contribution < 1.29 is 80.2 Å². The Labute approximate surface area is 573 Å². The summed E-state index contributed by atoms with van der Waals surface area (Å²) in [6.07, 6.45) is 62.7. The Hall–Kier alpha value is -2.72. The van der Waals surface area contributed by atoms with Crippen LogP contribution in [0.1, 0.15) is 362 Å². The van der Waals surface area contributed by atoms with Gasteiger partial charge in [-0.05, 0) is 77.0 Å². The molecule has 17 nitrogen and oxygen atoms in total. The molecule has 0 heterocycles. The van der Waals surface area contributed by atoms with E-state index >= 15 is 0 Å². The summed E-state index contributed by atoms with van der Waals surface area (Å²) in [6.45, 7) is 4.84. The summed E-state index contributed by atoms with van der Waals surface area (Å²) in [5.41, 5.74) is 0. The van der Waals surface area contributed by atoms with E-state index in [1.165, 1.54) is 148 Å². The van der Waals surface area contributed by atoms with Crippen molar-refractivity contribution in [2.24, 2.45) is 0 Å². The van der Waals surface area contributed by atoms with Crippen molar-refractivity contribution in [3.8, 4) is 0 Å². The number of carbonyl (C=O) groups is 4. The number of ether oxygens (including phenoxy) is 4. The molecule has 0 amide bonds. The lowest BCUT2D eigenvalue weighted by Crippen LogP contribution is -2.30. The zero-order valence-electron chi connectivity index (χ0n) is 60.2. The number of phosphoric ester groups is 2. The molecule has 94 heavy (non-hydrogen) atoms. The number of aliphatic hydroxyl groups is 1. The van der Waals surface area contributed by atoms with Crippen LogP contribution in [-0.2, 0) is 65.4 Å². The van der Waals surface area contributed by atoms with Gasteiger partial charge in [-0.1, -0.05) is 295 Å². The van der Waals surface area contributed by atoms with Crippen LogP contribution in [-0.4, -0.2) is 96.7 Å². The van der Waals surface area contributed by atoms with Crippen molar-refractivity contribution in [1.82, 2.24) is 0 Å². The lowest BCUT2D eigenvalue weighted by molar-refractivity contribution is -0.161. The van der Waals surface area contributed by atoms with E-state index in [0.717, 1.165) is 135 Å². The Morgan fingerprint density at radius 3 is 0.851 bits per heavy atom. The molecule has 5 atom stereocenters. The second-order valence-electron chi connectivity index (χ2n) is 26.0. The minimum absolute atomic E-state index is 0.0875. The molecule has 0 saturated heterocycles. The average molecular weight is 1380 g/mol. The SMILES string of the molecule is CCC/C=C\C/C=C\CCCCCCCC(=O)OCC(COP(=O)(O)OCC(O)COP(=O)(O)OCC(COC(=O)CCCCCCCCCCCCCCCCC)OC(=O)CCCCCCCCCCCCCCC)OC(=O)CCCCCCC/C=C\CCCCCC. The number of aliphatic hydroxyl groups excluding tert-OH is 1. The van der Waals surface area contributed by atoms with Crippen molar-refractivity contribution in [1.29, 1.82) is 0 Å². The smallest absolute Gasteiger partial charge is 0.462 e. The predicted molar refractivity (Wildman–Crippen MR) is 381 cm³/mol. The molecular formula is C75H140O17P2. The second-order valence-corrected chi connectivity index (χ2v) is 28.9. The van der Waals surface area contributed by atoms with Crippen LogP contribution in [0.15, 0.2) is 36.5 Å². The van der Waals surface area contributed by atoms with Gasteiger partial charge in [0.1, 0.15) is 19.3 Å². The number of hydrogen-bond donors (Lipinski definition) is 3. The summed E-state index contributed by atoms with van der Waals surface area (Å²) in [4.78, 5) is 72.7. The Morgan fingerprint density at radius 1 is 0.298 bits per heavy atom. The van der Waals surface area contributed by atoms with Crippen molar-refractivity contribution in [2.45, 2.75) is 380 Å². The Morgan fingerprint density at radius 2 is 0.543 bits per heavy atom. The second kappa shape index (κ2) is 68.8. The van der Waals surface area contributed by atoms with Crippen LogP contribution in [0.2, 0.25) is 0 Å². The molecule has 0 radical (unpaired) electrons. The third kappa shape index (κ3) is 67.8. The molecule has 0 aromatic carbocycles. The molecule has 0 fully saturated rings. The van der Waals surface area contributed by atoms with Crippen LogP contribution in [0.25, 0.3) is 0 Å². The van der Waals surface area contributed by atoms with E-state index < -0.39 is 97.5 Å². The quantitative estimate of drug-likeness (QED) is 0.0169. The first-order valence-corrected chi connectivity index (χ1v) is 41.2. The maximum Gasteiger partial charge on any atom is 0.472 e. The molecule has 0 rings (SSSR count). The van der Waals surface area contributed by atoms with Crippen molar-refractivity contribution in [2.75, 3.05) is 39.6 Å². The van der Waals surface area contributed by atoms with Gasteiger partial charge in [-0.15, -0.1) is 0 Å². The summed E-state index contributed by atoms with van der Waals surface area (Å²) in [5.74, 6) is -2.16. The number of esters is 4. The molecule has 19 heteroatoms. The zero-order valence-corrected chi connectivity index (χ0v) is 61.9. The molecule has 0 aliphatic carbocycles. The first-order chi connectivity index (χ1) is 45.7. The molecule has 0 bridgehead atoms. The topological polar surface area (TPSA) is 237 Å². The van der Waals surface area contributed by atoms with Crippen molar-refractivity contribution in [3.05, 3.63) is 36.5 Å². The van der Waals surface area contributed by atoms with Gasteiger partial charge in [0.15, 0.2) is 12.2 Å². The monoisotopic (exact) mass is 1370 g/mol. The van der Waals surface area contributed by atoms with Crippen LogP contribution in [0, 0.1) is 0 Å². The molecule has 5 unspecified atom stereocenters. The fourth-order valence-corrected chi connectivity index (χ4v) is 12.3. The average Bonchev–Trinajstić information content (AvgIpc) is 2.45. The van der Waals surface area contributed by atoms with Gasteiger partial charge in [-0.25, -0.2) is 9.13 Å². The number of hydrogen-bond acceptors (Lipinski definition) is 15. The molecule has 0 aliphatic heterocycles. The Kier molecular flexibility index (Phi) is 66.8. The fourth-order valence-electron chi connectivity index (χ4n) is 10.7. The molecule has 3 N–H and O–H groups in total. The summed E-state index contributed by atoms with van der Waals surface area (Å²) < 4.78 is 68.4. The maximum atomic E-state index is 13.1. The van der Waals surface area contributed by atoms with Crippen LogP contribution >= 0.6 is 15.6 Å². The molecular weight excluding hydrogens is 1230 g/mol. The van der Waals surface area contributed by atoms with E-state index in [2.05, 4.69) is 64.2 Å². The summed E-state index contributed by atoms with van der Waals surface area (Å²) in [7, 11) is -9.92. The van der Waals surface area contributed by atoms with Crippen LogP contribution in [0.3, 0.4) is 0 Å². The van der Waals surface area contributed by atoms with E-state index in [-0.39, 0.29) is 25.7 Å². The van der Waals surface area contributed by atoms with E-state index in [9.17, 15) is 43.2 Å². The highest BCUT2D eigenvalue weighted by Crippen LogP contribution is 2.45. The van der Waals surface area contributed by atoms with Gasteiger partial charge in [0.2, 0.25) is 0 Å². The van der Waals surface area contributed by atoms with Gasteiger partial charge in [0.25, 0.3) is 0 Å². The molecule has 0 aliphatic rings. The molecule has 552 valence electrons. The lowest BCUT2D eigenvalue weighted by atomic mass is 10.0. The normalized spacial score (nSPS) is 14.2.